The van der Waals surface area contributed by atoms with Crippen LogP contribution in [-0.4, -0.2) is 33.3 Å². The molecule has 0 amide bonds. The molecule has 0 bridgehead atoms. The molecule has 0 aromatic heterocycles. The summed E-state index contributed by atoms with van der Waals surface area (Å²) in [5.74, 6) is -0.0361. The number of aliphatic hydroxyl groups excluding tert-OH is 1. The van der Waals surface area contributed by atoms with Gasteiger partial charge < -0.3 is 10.8 Å². The Labute approximate surface area is 166 Å². The molecule has 0 atom stereocenters. The van der Waals surface area contributed by atoms with E-state index >= 15 is 0 Å². The molecule has 0 radical (unpaired) electrons. The highest BCUT2D eigenvalue weighted by Gasteiger charge is 2.11. The first-order valence-electron chi connectivity index (χ1n) is 10.3. The molecule has 0 saturated carbocycles. The van der Waals surface area contributed by atoms with E-state index in [1.807, 2.05) is 18.2 Å². The van der Waals surface area contributed by atoms with Gasteiger partial charge in [0, 0.05) is 6.54 Å². The van der Waals surface area contributed by atoms with E-state index in [0.717, 1.165) is 18.4 Å². The van der Waals surface area contributed by atoms with Crippen LogP contribution in [0.3, 0.4) is 0 Å². The van der Waals surface area contributed by atoms with Gasteiger partial charge in [0.2, 0.25) is 0 Å². The lowest BCUT2D eigenvalue weighted by Crippen LogP contribution is -2.09. The summed E-state index contributed by atoms with van der Waals surface area (Å²) in [5.41, 5.74) is 5.55. The minimum atomic E-state index is -3.44. The van der Waals surface area contributed by atoms with Crippen molar-refractivity contribution in [3.63, 3.8) is 0 Å². The van der Waals surface area contributed by atoms with Gasteiger partial charge in [-0.15, -0.1) is 0 Å². The topological polar surface area (TPSA) is 89.6 Å². The molecule has 27 heavy (non-hydrogen) atoms. The summed E-state index contributed by atoms with van der Waals surface area (Å²) in [4.78, 5) is 0. The SMILES string of the molecule is CCCCCCCCCCCCOS(=O)(=O)Cc1ccccc1.NCCO. The molecule has 158 valence electrons. The van der Waals surface area contributed by atoms with Crippen molar-refractivity contribution in [1.29, 1.82) is 0 Å². The Morgan fingerprint density at radius 2 is 1.37 bits per heavy atom. The molecule has 0 heterocycles. The molecule has 0 spiro atoms. The van der Waals surface area contributed by atoms with E-state index in [2.05, 4.69) is 6.92 Å². The summed E-state index contributed by atoms with van der Waals surface area (Å²) in [6.07, 6.45) is 12.3. The monoisotopic (exact) mass is 401 g/mol. The van der Waals surface area contributed by atoms with Gasteiger partial charge >= 0.3 is 0 Å². The maximum Gasteiger partial charge on any atom is 0.271 e. The first-order valence-corrected chi connectivity index (χ1v) is 11.9. The standard InChI is InChI=1S/C19H32O3S.C2H7NO/c1-2-3-4-5-6-7-8-9-10-14-17-22-23(20,21)18-19-15-12-11-13-16-19;3-1-2-4/h11-13,15-16H,2-10,14,17-18H2,1H3;4H,1-3H2. The van der Waals surface area contributed by atoms with Crippen LogP contribution in [0.25, 0.3) is 0 Å². The summed E-state index contributed by atoms with van der Waals surface area (Å²) in [6.45, 7) is 3.02. The van der Waals surface area contributed by atoms with Gasteiger partial charge in [0.05, 0.1) is 13.2 Å². The van der Waals surface area contributed by atoms with Gasteiger partial charge in [-0.3, -0.25) is 4.18 Å². The van der Waals surface area contributed by atoms with Gasteiger partial charge in [-0.1, -0.05) is 95.0 Å². The molecule has 1 aromatic carbocycles. The Balaban J connectivity index is 0.00000153. The maximum atomic E-state index is 11.8. The van der Waals surface area contributed by atoms with Crippen molar-refractivity contribution in [3.05, 3.63) is 35.9 Å². The zero-order chi connectivity index (χ0) is 20.2. The van der Waals surface area contributed by atoms with Gasteiger partial charge in [0.15, 0.2) is 0 Å². The van der Waals surface area contributed by atoms with Crippen molar-refractivity contribution < 1.29 is 17.7 Å². The van der Waals surface area contributed by atoms with Crippen molar-refractivity contribution in [2.45, 2.75) is 76.9 Å². The van der Waals surface area contributed by atoms with Gasteiger partial charge in [-0.05, 0) is 12.0 Å². The molecule has 0 fully saturated rings. The zero-order valence-electron chi connectivity index (χ0n) is 16.9. The summed E-state index contributed by atoms with van der Waals surface area (Å²) in [6, 6.07) is 9.17. The molecule has 5 nitrogen and oxygen atoms in total. The van der Waals surface area contributed by atoms with Crippen molar-refractivity contribution in [1.82, 2.24) is 0 Å². The summed E-state index contributed by atoms with van der Waals surface area (Å²) < 4.78 is 28.8. The number of hydrogen-bond acceptors (Lipinski definition) is 5. The fraction of sp³-hybridized carbons (Fsp3) is 0.714. The Morgan fingerprint density at radius 1 is 0.889 bits per heavy atom. The smallest absolute Gasteiger partial charge is 0.271 e. The third kappa shape index (κ3) is 18.2. The van der Waals surface area contributed by atoms with Gasteiger partial charge in [-0.25, -0.2) is 0 Å². The number of hydrogen-bond donors (Lipinski definition) is 2. The van der Waals surface area contributed by atoms with E-state index in [4.69, 9.17) is 15.0 Å². The predicted molar refractivity (Wildman–Crippen MR) is 113 cm³/mol. The highest BCUT2D eigenvalue weighted by atomic mass is 32.2. The molecular weight excluding hydrogens is 362 g/mol. The molecule has 0 aliphatic heterocycles. The number of unbranched alkanes of at least 4 members (excludes halogenated alkanes) is 9. The Kier molecular flexibility index (Phi) is 17.8. The summed E-state index contributed by atoms with van der Waals surface area (Å²) in [7, 11) is -3.44. The number of benzene rings is 1. The number of rotatable bonds is 15. The molecule has 1 aromatic rings. The van der Waals surface area contributed by atoms with Crippen molar-refractivity contribution >= 4 is 10.1 Å². The third-order valence-electron chi connectivity index (χ3n) is 4.08. The van der Waals surface area contributed by atoms with Gasteiger partial charge in [0.1, 0.15) is 5.75 Å². The van der Waals surface area contributed by atoms with E-state index in [1.165, 1.54) is 51.4 Å². The lowest BCUT2D eigenvalue weighted by Gasteiger charge is -2.06. The predicted octanol–water partition coefficient (Wildman–Crippen LogP) is 4.39. The normalized spacial score (nSPS) is 11.1. The van der Waals surface area contributed by atoms with E-state index < -0.39 is 10.1 Å². The lowest BCUT2D eigenvalue weighted by atomic mass is 10.1. The molecule has 0 saturated heterocycles. The van der Waals surface area contributed by atoms with Crippen LogP contribution in [0, 0.1) is 0 Å². The van der Waals surface area contributed by atoms with E-state index in [1.54, 1.807) is 12.1 Å². The molecule has 6 heteroatoms. The van der Waals surface area contributed by atoms with Gasteiger partial charge in [-0.2, -0.15) is 8.42 Å². The molecule has 3 N–H and O–H groups in total. The molecule has 0 unspecified atom stereocenters. The average molecular weight is 402 g/mol. The molecular formula is C21H39NO4S. The fourth-order valence-electron chi connectivity index (χ4n) is 2.60. The van der Waals surface area contributed by atoms with E-state index in [0.29, 0.717) is 13.2 Å². The Bertz CT molecular complexity index is 518. The highest BCUT2D eigenvalue weighted by molar-refractivity contribution is 7.85. The quantitative estimate of drug-likeness (QED) is 0.336. The van der Waals surface area contributed by atoms with Crippen LogP contribution in [-0.2, 0) is 20.1 Å². The zero-order valence-corrected chi connectivity index (χ0v) is 17.8. The molecule has 1 rings (SSSR count). The minimum Gasteiger partial charge on any atom is -0.395 e. The van der Waals surface area contributed by atoms with Crippen LogP contribution in [0.4, 0.5) is 0 Å². The Hall–Kier alpha value is -0.950. The van der Waals surface area contributed by atoms with Crippen molar-refractivity contribution in [3.8, 4) is 0 Å². The van der Waals surface area contributed by atoms with Crippen LogP contribution in [0.2, 0.25) is 0 Å². The second kappa shape index (κ2) is 18.4. The minimum absolute atomic E-state index is 0.0361. The van der Waals surface area contributed by atoms with E-state index in [-0.39, 0.29) is 12.4 Å². The van der Waals surface area contributed by atoms with Crippen LogP contribution in [0.5, 0.6) is 0 Å². The van der Waals surface area contributed by atoms with Crippen LogP contribution in [0.1, 0.15) is 76.7 Å². The molecule has 0 aliphatic rings. The maximum absolute atomic E-state index is 11.8. The second-order valence-corrected chi connectivity index (χ2v) is 8.34. The van der Waals surface area contributed by atoms with Gasteiger partial charge in [0.25, 0.3) is 10.1 Å². The first kappa shape index (κ1) is 26.1. The van der Waals surface area contributed by atoms with Crippen LogP contribution >= 0.6 is 0 Å². The first-order chi connectivity index (χ1) is 13.1. The summed E-state index contributed by atoms with van der Waals surface area (Å²) >= 11 is 0. The number of aliphatic hydroxyl groups is 1. The lowest BCUT2D eigenvalue weighted by molar-refractivity contribution is 0.305. The third-order valence-corrected chi connectivity index (χ3v) is 5.29. The van der Waals surface area contributed by atoms with Crippen LogP contribution in [0.15, 0.2) is 30.3 Å². The molecule has 0 aliphatic carbocycles. The fourth-order valence-corrected chi connectivity index (χ4v) is 3.65. The van der Waals surface area contributed by atoms with Crippen molar-refractivity contribution in [2.24, 2.45) is 5.73 Å². The summed E-state index contributed by atoms with van der Waals surface area (Å²) in [5, 5.41) is 7.75. The number of nitrogens with two attached hydrogens (primary N) is 1. The Morgan fingerprint density at radius 3 is 1.85 bits per heavy atom. The highest BCUT2D eigenvalue weighted by Crippen LogP contribution is 2.12. The van der Waals surface area contributed by atoms with Crippen molar-refractivity contribution in [2.75, 3.05) is 19.8 Å². The second-order valence-electron chi connectivity index (χ2n) is 6.70. The van der Waals surface area contributed by atoms with E-state index in [9.17, 15) is 8.42 Å². The van der Waals surface area contributed by atoms with Crippen LogP contribution < -0.4 is 5.73 Å². The average Bonchev–Trinajstić information content (AvgIpc) is 2.66. The largest absolute Gasteiger partial charge is 0.395 e.